The van der Waals surface area contributed by atoms with Gasteiger partial charge in [0.2, 0.25) is 0 Å². The van der Waals surface area contributed by atoms with Crippen molar-refractivity contribution in [3.8, 4) is 0 Å². The Balaban J connectivity index is 1.73. The predicted octanol–water partition coefficient (Wildman–Crippen LogP) is 7.92. The molecule has 4 aromatic rings. The van der Waals surface area contributed by atoms with Crippen molar-refractivity contribution in [1.29, 1.82) is 0 Å². The van der Waals surface area contributed by atoms with Crippen LogP contribution in [0.2, 0.25) is 0 Å². The van der Waals surface area contributed by atoms with E-state index in [0.717, 1.165) is 10.6 Å². The van der Waals surface area contributed by atoms with Crippen LogP contribution in [0.4, 0.5) is 0 Å². The molecule has 28 heavy (non-hydrogen) atoms. The molecule has 1 atom stereocenters. The fourth-order valence-corrected chi connectivity index (χ4v) is 3.65. The molecule has 0 nitrogen and oxygen atoms in total. The quantitative estimate of drug-likeness (QED) is 0.330. The molecular weight excluding hydrogens is 360 g/mol. The van der Waals surface area contributed by atoms with Crippen LogP contribution in [0.15, 0.2) is 115 Å². The van der Waals surface area contributed by atoms with Gasteiger partial charge in [-0.2, -0.15) is 0 Å². The van der Waals surface area contributed by atoms with Crippen LogP contribution < -0.4 is 0 Å². The van der Waals surface area contributed by atoms with E-state index in [2.05, 4.69) is 85.0 Å². The number of halogens is 1. The molecular formula is C27H21Cl. The summed E-state index contributed by atoms with van der Waals surface area (Å²) in [6.07, 6.45) is 6.54. The van der Waals surface area contributed by atoms with Crippen molar-refractivity contribution in [1.82, 2.24) is 0 Å². The molecule has 0 saturated carbocycles. The first-order chi connectivity index (χ1) is 13.8. The largest absolute Gasteiger partial charge is 0.0840 e. The maximum absolute atomic E-state index is 6.65. The van der Waals surface area contributed by atoms with Crippen LogP contribution in [-0.2, 0) is 0 Å². The first-order valence-corrected chi connectivity index (χ1v) is 9.83. The van der Waals surface area contributed by atoms with Crippen molar-refractivity contribution >= 4 is 33.5 Å². The summed E-state index contributed by atoms with van der Waals surface area (Å²) in [6, 6.07) is 35.4. The lowest BCUT2D eigenvalue weighted by molar-refractivity contribution is 1.09. The third-order valence-corrected chi connectivity index (χ3v) is 5.21. The molecule has 0 N–H and O–H groups in total. The Bertz CT molecular complexity index is 1100. The zero-order valence-electron chi connectivity index (χ0n) is 15.5. The Kier molecular flexibility index (Phi) is 5.70. The Morgan fingerprint density at radius 2 is 1.32 bits per heavy atom. The summed E-state index contributed by atoms with van der Waals surface area (Å²) in [4.78, 5) is 0. The lowest BCUT2D eigenvalue weighted by Crippen LogP contribution is -1.92. The van der Waals surface area contributed by atoms with E-state index in [1.54, 1.807) is 0 Å². The van der Waals surface area contributed by atoms with E-state index in [1.165, 1.54) is 21.9 Å². The highest BCUT2D eigenvalue weighted by molar-refractivity contribution is 6.48. The molecule has 0 spiro atoms. The molecule has 0 heterocycles. The summed E-state index contributed by atoms with van der Waals surface area (Å²) < 4.78 is 0. The SMILES string of the molecule is Cl/C(=C\C(/C=C/c1cccc2ccccc12)c1ccccc1)c1ccccc1. The minimum absolute atomic E-state index is 0.0906. The van der Waals surface area contributed by atoms with Gasteiger partial charge in [0.25, 0.3) is 0 Å². The van der Waals surface area contributed by atoms with Crippen molar-refractivity contribution in [2.75, 3.05) is 0 Å². The minimum Gasteiger partial charge on any atom is -0.0840 e. The Hall–Kier alpha value is -3.09. The van der Waals surface area contributed by atoms with Gasteiger partial charge in [-0.3, -0.25) is 0 Å². The van der Waals surface area contributed by atoms with E-state index in [0.29, 0.717) is 0 Å². The van der Waals surface area contributed by atoms with Gasteiger partial charge in [-0.1, -0.05) is 133 Å². The van der Waals surface area contributed by atoms with E-state index in [9.17, 15) is 0 Å². The molecule has 0 amide bonds. The summed E-state index contributed by atoms with van der Waals surface area (Å²) in [5, 5.41) is 3.27. The molecule has 1 unspecified atom stereocenters. The third kappa shape index (κ3) is 4.24. The molecule has 1 heteroatoms. The standard InChI is InChI=1S/C27H21Cl/c28-27(24-13-5-2-6-14-24)20-25(21-10-3-1-4-11-21)19-18-23-16-9-15-22-12-7-8-17-26(22)23/h1-20,25H/b19-18+,27-20-. The summed E-state index contributed by atoms with van der Waals surface area (Å²) >= 11 is 6.65. The first kappa shape index (κ1) is 18.3. The Morgan fingerprint density at radius 3 is 2.11 bits per heavy atom. The van der Waals surface area contributed by atoms with Crippen LogP contribution in [0.3, 0.4) is 0 Å². The predicted molar refractivity (Wildman–Crippen MR) is 122 cm³/mol. The fourth-order valence-electron chi connectivity index (χ4n) is 3.39. The van der Waals surface area contributed by atoms with Crippen molar-refractivity contribution < 1.29 is 0 Å². The minimum atomic E-state index is 0.0906. The highest BCUT2D eigenvalue weighted by Crippen LogP contribution is 2.28. The maximum atomic E-state index is 6.65. The van der Waals surface area contributed by atoms with E-state index >= 15 is 0 Å². The number of fused-ring (bicyclic) bond motifs is 1. The lowest BCUT2D eigenvalue weighted by atomic mass is 9.95. The van der Waals surface area contributed by atoms with E-state index in [1.807, 2.05) is 36.4 Å². The molecule has 0 aliphatic rings. The average Bonchev–Trinajstić information content (AvgIpc) is 2.77. The van der Waals surface area contributed by atoms with Gasteiger partial charge in [-0.25, -0.2) is 0 Å². The van der Waals surface area contributed by atoms with Gasteiger partial charge in [-0.05, 0) is 27.5 Å². The molecule has 0 aliphatic carbocycles. The van der Waals surface area contributed by atoms with Gasteiger partial charge in [0.05, 0.1) is 0 Å². The molecule has 0 aliphatic heterocycles. The van der Waals surface area contributed by atoms with Crippen molar-refractivity contribution in [3.63, 3.8) is 0 Å². The normalized spacial score (nSPS) is 13.1. The van der Waals surface area contributed by atoms with Crippen molar-refractivity contribution in [2.24, 2.45) is 0 Å². The van der Waals surface area contributed by atoms with Gasteiger partial charge in [0.15, 0.2) is 0 Å². The topological polar surface area (TPSA) is 0 Å². The maximum Gasteiger partial charge on any atom is 0.0447 e. The summed E-state index contributed by atoms with van der Waals surface area (Å²) in [5.74, 6) is 0.0906. The molecule has 4 aromatic carbocycles. The summed E-state index contributed by atoms with van der Waals surface area (Å²) in [5.41, 5.74) is 3.46. The first-order valence-electron chi connectivity index (χ1n) is 9.45. The zero-order valence-corrected chi connectivity index (χ0v) is 16.3. The zero-order chi connectivity index (χ0) is 19.2. The second kappa shape index (κ2) is 8.73. The molecule has 136 valence electrons. The van der Waals surface area contributed by atoms with Gasteiger partial charge in [0.1, 0.15) is 0 Å². The second-order valence-electron chi connectivity index (χ2n) is 6.74. The number of hydrogen-bond donors (Lipinski definition) is 0. The van der Waals surface area contributed by atoms with Crippen LogP contribution in [0.5, 0.6) is 0 Å². The molecule has 0 aromatic heterocycles. The molecule has 0 saturated heterocycles. The van der Waals surface area contributed by atoms with E-state index < -0.39 is 0 Å². The highest BCUT2D eigenvalue weighted by atomic mass is 35.5. The molecule has 0 fully saturated rings. The van der Waals surface area contributed by atoms with Gasteiger partial charge in [-0.15, -0.1) is 0 Å². The van der Waals surface area contributed by atoms with Crippen LogP contribution in [0, 0.1) is 0 Å². The average molecular weight is 381 g/mol. The van der Waals surface area contributed by atoms with E-state index in [4.69, 9.17) is 11.6 Å². The number of rotatable bonds is 5. The van der Waals surface area contributed by atoms with Gasteiger partial charge >= 0.3 is 0 Å². The van der Waals surface area contributed by atoms with E-state index in [-0.39, 0.29) is 5.92 Å². The molecule has 0 bridgehead atoms. The smallest absolute Gasteiger partial charge is 0.0447 e. The lowest BCUT2D eigenvalue weighted by Gasteiger charge is -2.11. The van der Waals surface area contributed by atoms with Crippen LogP contribution in [0.25, 0.3) is 21.9 Å². The highest BCUT2D eigenvalue weighted by Gasteiger charge is 2.08. The molecule has 0 radical (unpaired) electrons. The van der Waals surface area contributed by atoms with Crippen LogP contribution in [0.1, 0.15) is 22.6 Å². The number of allylic oxidation sites excluding steroid dienone is 2. The number of benzene rings is 4. The van der Waals surface area contributed by atoms with Crippen molar-refractivity contribution in [2.45, 2.75) is 5.92 Å². The monoisotopic (exact) mass is 380 g/mol. The molecule has 4 rings (SSSR count). The fraction of sp³-hybridized carbons (Fsp3) is 0.0370. The van der Waals surface area contributed by atoms with Crippen LogP contribution in [-0.4, -0.2) is 0 Å². The number of hydrogen-bond acceptors (Lipinski definition) is 0. The van der Waals surface area contributed by atoms with Gasteiger partial charge in [0, 0.05) is 11.0 Å². The summed E-state index contributed by atoms with van der Waals surface area (Å²) in [7, 11) is 0. The third-order valence-electron chi connectivity index (χ3n) is 4.87. The Morgan fingerprint density at radius 1 is 0.679 bits per heavy atom. The van der Waals surface area contributed by atoms with Crippen molar-refractivity contribution in [3.05, 3.63) is 132 Å². The summed E-state index contributed by atoms with van der Waals surface area (Å²) in [6.45, 7) is 0. The Labute approximate surface area is 171 Å². The van der Waals surface area contributed by atoms with Crippen LogP contribution >= 0.6 is 11.6 Å². The second-order valence-corrected chi connectivity index (χ2v) is 7.15. The van der Waals surface area contributed by atoms with Gasteiger partial charge < -0.3 is 0 Å².